The van der Waals surface area contributed by atoms with Crippen LogP contribution in [0.25, 0.3) is 0 Å². The maximum absolute atomic E-state index is 9.92. The fourth-order valence-corrected chi connectivity index (χ4v) is 2.03. The Morgan fingerprint density at radius 2 is 1.67 bits per heavy atom. The lowest BCUT2D eigenvalue weighted by Crippen LogP contribution is -2.11. The number of nitrogens with zero attached hydrogens (tertiary/aromatic N) is 1. The number of halogens is 1. The third kappa shape index (κ3) is 3.76. The number of hydrogen-bond acceptors (Lipinski definition) is 3. The molecule has 2 N–H and O–H groups in total. The lowest BCUT2D eigenvalue weighted by Gasteiger charge is -2.19. The van der Waals surface area contributed by atoms with Gasteiger partial charge in [0.2, 0.25) is 0 Å². The maximum Gasteiger partial charge on any atom is 0.141 e. The minimum absolute atomic E-state index is 0.0194. The number of aromatic hydroxyl groups is 2. The van der Waals surface area contributed by atoms with Gasteiger partial charge in [0.15, 0.2) is 0 Å². The molecule has 0 atom stereocenters. The van der Waals surface area contributed by atoms with Gasteiger partial charge in [-0.3, -0.25) is 4.99 Å². The molecule has 0 saturated carbocycles. The van der Waals surface area contributed by atoms with Crippen LogP contribution in [-0.4, -0.2) is 16.4 Å². The summed E-state index contributed by atoms with van der Waals surface area (Å²) in [7, 11) is 0. The second kappa shape index (κ2) is 5.78. The topological polar surface area (TPSA) is 52.8 Å². The van der Waals surface area contributed by atoms with Crippen molar-refractivity contribution in [2.45, 2.75) is 26.2 Å². The smallest absolute Gasteiger partial charge is 0.141 e. The molecule has 0 aromatic heterocycles. The summed E-state index contributed by atoms with van der Waals surface area (Å²) in [5.41, 5.74) is 2.04. The number of benzene rings is 2. The summed E-state index contributed by atoms with van der Waals surface area (Å²) in [6, 6.07) is 10.1. The zero-order chi connectivity index (χ0) is 15.6. The van der Waals surface area contributed by atoms with Gasteiger partial charge in [-0.15, -0.1) is 0 Å². The van der Waals surface area contributed by atoms with Crippen LogP contribution < -0.4 is 0 Å². The summed E-state index contributed by atoms with van der Waals surface area (Å²) in [6.45, 7) is 6.30. The highest BCUT2D eigenvalue weighted by molar-refractivity contribution is 6.30. The number of phenols is 2. The average molecular weight is 304 g/mol. The Kier molecular flexibility index (Phi) is 4.24. The summed E-state index contributed by atoms with van der Waals surface area (Å²) in [5, 5.41) is 20.1. The van der Waals surface area contributed by atoms with Gasteiger partial charge >= 0.3 is 0 Å². The molecular weight excluding hydrogens is 286 g/mol. The number of aliphatic imine (C=N–C) groups is 1. The van der Waals surface area contributed by atoms with Crippen molar-refractivity contribution in [3.8, 4) is 11.5 Å². The zero-order valence-corrected chi connectivity index (χ0v) is 13.0. The molecule has 2 aromatic carbocycles. The van der Waals surface area contributed by atoms with Gasteiger partial charge < -0.3 is 10.2 Å². The fourth-order valence-electron chi connectivity index (χ4n) is 1.86. The fraction of sp³-hybridized carbons (Fsp3) is 0.235. The van der Waals surface area contributed by atoms with Crippen molar-refractivity contribution in [1.29, 1.82) is 0 Å². The van der Waals surface area contributed by atoms with Crippen molar-refractivity contribution in [2.24, 2.45) is 4.99 Å². The highest BCUT2D eigenvalue weighted by Crippen LogP contribution is 2.30. The second-order valence-electron chi connectivity index (χ2n) is 5.91. The molecule has 2 aromatic rings. The Labute approximate surface area is 129 Å². The van der Waals surface area contributed by atoms with Crippen LogP contribution in [0, 0.1) is 0 Å². The number of phenolic OH excluding ortho intramolecular Hbond substituents is 2. The van der Waals surface area contributed by atoms with Gasteiger partial charge in [-0.1, -0.05) is 38.4 Å². The monoisotopic (exact) mass is 303 g/mol. The molecule has 0 unspecified atom stereocenters. The number of hydrogen-bond donors (Lipinski definition) is 2. The predicted octanol–water partition coefficient (Wildman–Crippen LogP) is 4.80. The van der Waals surface area contributed by atoms with Gasteiger partial charge in [0.05, 0.1) is 0 Å². The van der Waals surface area contributed by atoms with E-state index in [0.29, 0.717) is 16.3 Å². The van der Waals surface area contributed by atoms with Gasteiger partial charge in [-0.25, -0.2) is 0 Å². The summed E-state index contributed by atoms with van der Waals surface area (Å²) in [6.07, 6.45) is 1.52. The predicted molar refractivity (Wildman–Crippen MR) is 87.2 cm³/mol. The van der Waals surface area contributed by atoms with Crippen LogP contribution in [0.1, 0.15) is 31.9 Å². The molecule has 0 aliphatic carbocycles. The molecule has 3 nitrogen and oxygen atoms in total. The maximum atomic E-state index is 9.92. The van der Waals surface area contributed by atoms with Crippen molar-refractivity contribution >= 4 is 23.5 Å². The normalized spacial score (nSPS) is 12.0. The van der Waals surface area contributed by atoms with Gasteiger partial charge in [-0.05, 0) is 41.3 Å². The molecule has 0 radical (unpaired) electrons. The van der Waals surface area contributed by atoms with Crippen molar-refractivity contribution in [3.05, 3.63) is 52.5 Å². The SMILES string of the molecule is CC(C)(C)c1ccc(O)c(C=Nc2cc(Cl)ccc2O)c1. The number of rotatable bonds is 2. The van der Waals surface area contributed by atoms with Crippen LogP contribution in [0.3, 0.4) is 0 Å². The van der Waals surface area contributed by atoms with E-state index in [4.69, 9.17) is 11.6 Å². The Morgan fingerprint density at radius 3 is 2.33 bits per heavy atom. The van der Waals surface area contributed by atoms with Crippen LogP contribution in [0.15, 0.2) is 41.4 Å². The van der Waals surface area contributed by atoms with Crippen LogP contribution in [0.2, 0.25) is 5.02 Å². The van der Waals surface area contributed by atoms with Gasteiger partial charge in [0.25, 0.3) is 0 Å². The Bertz CT molecular complexity index is 688. The van der Waals surface area contributed by atoms with Gasteiger partial charge in [-0.2, -0.15) is 0 Å². The second-order valence-corrected chi connectivity index (χ2v) is 6.35. The van der Waals surface area contributed by atoms with Crippen LogP contribution in [0.5, 0.6) is 11.5 Å². The first kappa shape index (κ1) is 15.4. The summed E-state index contributed by atoms with van der Waals surface area (Å²) < 4.78 is 0. The average Bonchev–Trinajstić information content (AvgIpc) is 2.40. The Morgan fingerprint density at radius 1 is 1.00 bits per heavy atom. The van der Waals surface area contributed by atoms with Gasteiger partial charge in [0.1, 0.15) is 17.2 Å². The summed E-state index contributed by atoms with van der Waals surface area (Å²) in [4.78, 5) is 4.20. The molecule has 0 bridgehead atoms. The molecule has 0 spiro atoms. The minimum Gasteiger partial charge on any atom is -0.507 e. The highest BCUT2D eigenvalue weighted by Gasteiger charge is 2.14. The van der Waals surface area contributed by atoms with Gasteiger partial charge in [0, 0.05) is 16.8 Å². The van der Waals surface area contributed by atoms with E-state index in [0.717, 1.165) is 5.56 Å². The van der Waals surface area contributed by atoms with Crippen LogP contribution in [-0.2, 0) is 5.41 Å². The molecule has 0 aliphatic heterocycles. The lowest BCUT2D eigenvalue weighted by atomic mass is 9.86. The minimum atomic E-state index is -0.0194. The van der Waals surface area contributed by atoms with E-state index in [2.05, 4.69) is 25.8 Å². The third-order valence-corrected chi connectivity index (χ3v) is 3.41. The third-order valence-electron chi connectivity index (χ3n) is 3.17. The van der Waals surface area contributed by atoms with Crippen LogP contribution >= 0.6 is 11.6 Å². The largest absolute Gasteiger partial charge is 0.507 e. The summed E-state index contributed by atoms with van der Waals surface area (Å²) >= 11 is 5.88. The standard InChI is InChI=1S/C17H18ClNO2/c1-17(2,3)12-4-6-15(20)11(8-12)10-19-14-9-13(18)5-7-16(14)21/h4-10,20-21H,1-3H3. The van der Waals surface area contributed by atoms with E-state index in [-0.39, 0.29) is 16.9 Å². The zero-order valence-electron chi connectivity index (χ0n) is 12.3. The Balaban J connectivity index is 2.39. The van der Waals surface area contributed by atoms with E-state index in [1.165, 1.54) is 12.3 Å². The quantitative estimate of drug-likeness (QED) is 0.783. The molecule has 110 valence electrons. The molecule has 0 saturated heterocycles. The van der Waals surface area contributed by atoms with Crippen LogP contribution in [0.4, 0.5) is 5.69 Å². The Hall–Kier alpha value is -2.00. The molecule has 2 rings (SSSR count). The van der Waals surface area contributed by atoms with Crippen molar-refractivity contribution < 1.29 is 10.2 Å². The first-order valence-corrected chi connectivity index (χ1v) is 7.01. The van der Waals surface area contributed by atoms with Crippen molar-refractivity contribution in [2.75, 3.05) is 0 Å². The van der Waals surface area contributed by atoms with E-state index in [9.17, 15) is 10.2 Å². The molecule has 0 fully saturated rings. The van der Waals surface area contributed by atoms with Crippen molar-refractivity contribution in [1.82, 2.24) is 0 Å². The summed E-state index contributed by atoms with van der Waals surface area (Å²) in [5.74, 6) is 0.190. The first-order chi connectivity index (χ1) is 9.77. The highest BCUT2D eigenvalue weighted by atomic mass is 35.5. The van der Waals surface area contributed by atoms with E-state index in [1.54, 1.807) is 18.2 Å². The molecule has 21 heavy (non-hydrogen) atoms. The molecule has 0 amide bonds. The molecule has 4 heteroatoms. The van der Waals surface area contributed by atoms with Crippen molar-refractivity contribution in [3.63, 3.8) is 0 Å². The first-order valence-electron chi connectivity index (χ1n) is 6.63. The molecule has 0 aliphatic rings. The molecule has 0 heterocycles. The van der Waals surface area contributed by atoms with E-state index in [1.807, 2.05) is 12.1 Å². The lowest BCUT2D eigenvalue weighted by molar-refractivity contribution is 0.472. The van der Waals surface area contributed by atoms with E-state index >= 15 is 0 Å². The van der Waals surface area contributed by atoms with E-state index < -0.39 is 0 Å². The molecular formula is C17H18ClNO2.